The first kappa shape index (κ1) is 14.8. The summed E-state index contributed by atoms with van der Waals surface area (Å²) in [6.07, 6.45) is 1.57. The first-order chi connectivity index (χ1) is 11.7. The third-order valence-electron chi connectivity index (χ3n) is 3.96. The van der Waals surface area contributed by atoms with E-state index in [0.29, 0.717) is 5.88 Å². The van der Waals surface area contributed by atoms with Gasteiger partial charge in [-0.05, 0) is 36.6 Å². The van der Waals surface area contributed by atoms with E-state index in [1.54, 1.807) is 17.7 Å². The molecule has 0 atom stereocenters. The summed E-state index contributed by atoms with van der Waals surface area (Å²) in [5.41, 5.74) is 3.37. The van der Waals surface area contributed by atoms with Gasteiger partial charge in [0.1, 0.15) is 16.9 Å². The Labute approximate surface area is 144 Å². The summed E-state index contributed by atoms with van der Waals surface area (Å²) >= 11 is 1.65. The molecule has 0 spiro atoms. The summed E-state index contributed by atoms with van der Waals surface area (Å²) in [6.45, 7) is 4.09. The van der Waals surface area contributed by atoms with Crippen molar-refractivity contribution in [1.29, 1.82) is 0 Å². The Bertz CT molecular complexity index is 989. The van der Waals surface area contributed by atoms with Gasteiger partial charge in [-0.2, -0.15) is 0 Å². The fourth-order valence-corrected chi connectivity index (χ4v) is 3.71. The Hall–Kier alpha value is -2.72. The average Bonchev–Trinajstić information content (AvgIpc) is 3.04. The van der Waals surface area contributed by atoms with Crippen molar-refractivity contribution >= 4 is 21.6 Å². The van der Waals surface area contributed by atoms with Crippen molar-refractivity contribution in [2.24, 2.45) is 0 Å². The molecule has 0 aliphatic rings. The number of ether oxygens (including phenoxy) is 1. The largest absolute Gasteiger partial charge is 0.438 e. The molecular weight excluding hydrogens is 316 g/mol. The third kappa shape index (κ3) is 2.65. The summed E-state index contributed by atoms with van der Waals surface area (Å²) in [7, 11) is 0. The lowest BCUT2D eigenvalue weighted by Gasteiger charge is -2.10. The Morgan fingerprint density at radius 2 is 1.62 bits per heavy atom. The van der Waals surface area contributed by atoms with E-state index in [2.05, 4.69) is 28.2 Å². The smallest absolute Gasteiger partial charge is 0.231 e. The fourth-order valence-electron chi connectivity index (χ4n) is 2.72. The molecule has 0 saturated heterocycles. The van der Waals surface area contributed by atoms with E-state index in [4.69, 9.17) is 4.74 Å². The van der Waals surface area contributed by atoms with Crippen LogP contribution in [0.4, 0.5) is 0 Å². The Balaban J connectivity index is 1.81. The zero-order valence-corrected chi connectivity index (χ0v) is 14.3. The average molecular weight is 332 g/mol. The maximum atomic E-state index is 6.16. The first-order valence-electron chi connectivity index (χ1n) is 7.76. The quantitative estimate of drug-likeness (QED) is 0.478. The Kier molecular flexibility index (Phi) is 3.75. The molecule has 0 saturated carbocycles. The van der Waals surface area contributed by atoms with E-state index in [-0.39, 0.29) is 0 Å². The van der Waals surface area contributed by atoms with Crippen LogP contribution in [0.2, 0.25) is 0 Å². The summed E-state index contributed by atoms with van der Waals surface area (Å²) in [5.74, 6) is 1.47. The molecule has 4 aromatic rings. The summed E-state index contributed by atoms with van der Waals surface area (Å²) in [4.78, 5) is 10.9. The molecule has 0 bridgehead atoms. The Morgan fingerprint density at radius 3 is 2.38 bits per heavy atom. The zero-order chi connectivity index (χ0) is 16.5. The molecule has 0 radical (unpaired) electrons. The van der Waals surface area contributed by atoms with Crippen LogP contribution in [-0.2, 0) is 0 Å². The van der Waals surface area contributed by atoms with Gasteiger partial charge in [0.05, 0.1) is 5.39 Å². The number of rotatable bonds is 3. The normalized spacial score (nSPS) is 10.9. The second kappa shape index (κ2) is 6.06. The zero-order valence-electron chi connectivity index (χ0n) is 13.5. The van der Waals surface area contributed by atoms with Crippen molar-refractivity contribution in [2.75, 3.05) is 0 Å². The molecule has 0 aliphatic heterocycles. The lowest BCUT2D eigenvalue weighted by Crippen LogP contribution is -1.93. The molecule has 0 aliphatic carbocycles. The summed E-state index contributed by atoms with van der Waals surface area (Å²) < 4.78 is 6.16. The first-order valence-corrected chi connectivity index (χ1v) is 8.58. The molecule has 2 aromatic carbocycles. The number of fused-ring (bicyclic) bond motifs is 1. The van der Waals surface area contributed by atoms with Crippen molar-refractivity contribution in [3.63, 3.8) is 0 Å². The number of benzene rings is 2. The molecule has 3 nitrogen and oxygen atoms in total. The molecular formula is C20H16N2OS. The SMILES string of the molecule is Cc1cccc(C)c1Oc1ncnc2sc(-c3ccccc3)cc12. The van der Waals surface area contributed by atoms with Gasteiger partial charge in [-0.3, -0.25) is 0 Å². The van der Waals surface area contributed by atoms with Crippen molar-refractivity contribution in [1.82, 2.24) is 9.97 Å². The molecule has 2 aromatic heterocycles. The molecule has 2 heterocycles. The molecule has 0 unspecified atom stereocenters. The minimum Gasteiger partial charge on any atom is -0.438 e. The maximum Gasteiger partial charge on any atom is 0.231 e. The van der Waals surface area contributed by atoms with E-state index >= 15 is 0 Å². The molecule has 0 fully saturated rings. The monoisotopic (exact) mass is 332 g/mol. The number of nitrogens with zero attached hydrogens (tertiary/aromatic N) is 2. The van der Waals surface area contributed by atoms with E-state index in [0.717, 1.165) is 32.0 Å². The highest BCUT2D eigenvalue weighted by Crippen LogP contribution is 2.38. The number of aromatic nitrogens is 2. The third-order valence-corrected chi connectivity index (χ3v) is 5.05. The number of hydrogen-bond acceptors (Lipinski definition) is 4. The van der Waals surface area contributed by atoms with Crippen molar-refractivity contribution < 1.29 is 4.74 Å². The molecule has 4 heteroatoms. The minimum absolute atomic E-state index is 0.607. The van der Waals surface area contributed by atoms with Crippen LogP contribution in [-0.4, -0.2) is 9.97 Å². The van der Waals surface area contributed by atoms with Gasteiger partial charge in [-0.25, -0.2) is 9.97 Å². The van der Waals surface area contributed by atoms with Crippen LogP contribution < -0.4 is 4.74 Å². The second-order valence-corrected chi connectivity index (χ2v) is 6.73. The lowest BCUT2D eigenvalue weighted by atomic mass is 10.1. The standard InChI is InChI=1S/C20H16N2OS/c1-13-7-6-8-14(2)18(13)23-19-16-11-17(15-9-4-3-5-10-15)24-20(16)22-12-21-19/h3-12H,1-2H3. The summed E-state index contributed by atoms with van der Waals surface area (Å²) in [6, 6.07) is 18.5. The van der Waals surface area contributed by atoms with Gasteiger partial charge in [0.2, 0.25) is 5.88 Å². The molecule has 0 amide bonds. The highest BCUT2D eigenvalue weighted by atomic mass is 32.1. The summed E-state index contributed by atoms with van der Waals surface area (Å²) in [5, 5.41) is 0.948. The van der Waals surface area contributed by atoms with Crippen LogP contribution in [0.25, 0.3) is 20.7 Å². The van der Waals surface area contributed by atoms with Crippen molar-refractivity contribution in [3.8, 4) is 22.1 Å². The van der Waals surface area contributed by atoms with Crippen LogP contribution in [0.1, 0.15) is 11.1 Å². The van der Waals surface area contributed by atoms with E-state index in [1.807, 2.05) is 50.2 Å². The van der Waals surface area contributed by atoms with E-state index in [1.165, 1.54) is 5.56 Å². The van der Waals surface area contributed by atoms with E-state index < -0.39 is 0 Å². The maximum absolute atomic E-state index is 6.16. The fraction of sp³-hybridized carbons (Fsp3) is 0.100. The molecule has 24 heavy (non-hydrogen) atoms. The van der Waals surface area contributed by atoms with Crippen molar-refractivity contribution in [3.05, 3.63) is 72.1 Å². The van der Waals surface area contributed by atoms with Gasteiger partial charge in [0.15, 0.2) is 0 Å². The van der Waals surface area contributed by atoms with Gasteiger partial charge >= 0.3 is 0 Å². The second-order valence-electron chi connectivity index (χ2n) is 5.70. The van der Waals surface area contributed by atoms with Crippen LogP contribution in [0.15, 0.2) is 60.9 Å². The topological polar surface area (TPSA) is 35.0 Å². The van der Waals surface area contributed by atoms with Gasteiger partial charge in [-0.15, -0.1) is 11.3 Å². The predicted molar refractivity (Wildman–Crippen MR) is 98.8 cm³/mol. The van der Waals surface area contributed by atoms with Crippen LogP contribution in [0.5, 0.6) is 11.6 Å². The van der Waals surface area contributed by atoms with E-state index in [9.17, 15) is 0 Å². The van der Waals surface area contributed by atoms with Crippen molar-refractivity contribution in [2.45, 2.75) is 13.8 Å². The number of hydrogen-bond donors (Lipinski definition) is 0. The molecule has 118 valence electrons. The van der Waals surface area contributed by atoms with Crippen LogP contribution >= 0.6 is 11.3 Å². The molecule has 4 rings (SSSR count). The van der Waals surface area contributed by atoms with Crippen LogP contribution in [0, 0.1) is 13.8 Å². The number of thiophene rings is 1. The Morgan fingerprint density at radius 1 is 0.875 bits per heavy atom. The highest BCUT2D eigenvalue weighted by Gasteiger charge is 2.13. The van der Waals surface area contributed by atoms with Gasteiger partial charge < -0.3 is 4.74 Å². The van der Waals surface area contributed by atoms with Gasteiger partial charge in [0, 0.05) is 4.88 Å². The van der Waals surface area contributed by atoms with Crippen LogP contribution in [0.3, 0.4) is 0 Å². The predicted octanol–water partition coefficient (Wildman–Crippen LogP) is 5.77. The minimum atomic E-state index is 0.607. The molecule has 0 N–H and O–H groups in total. The highest BCUT2D eigenvalue weighted by molar-refractivity contribution is 7.21. The lowest BCUT2D eigenvalue weighted by molar-refractivity contribution is 0.461. The van der Waals surface area contributed by atoms with Gasteiger partial charge in [0.25, 0.3) is 0 Å². The van der Waals surface area contributed by atoms with Gasteiger partial charge in [-0.1, -0.05) is 48.5 Å². The number of para-hydroxylation sites is 1. The number of aryl methyl sites for hydroxylation is 2.